The summed E-state index contributed by atoms with van der Waals surface area (Å²) in [6.45, 7) is -0.710. The van der Waals surface area contributed by atoms with Crippen LogP contribution in [0.1, 0.15) is 65.6 Å². The van der Waals surface area contributed by atoms with Gasteiger partial charge < -0.3 is 20.3 Å². The van der Waals surface area contributed by atoms with E-state index in [1.165, 1.54) is 12.1 Å². The number of nitrogens with one attached hydrogen (secondary N) is 2. The number of amides is 3. The normalized spacial score (nSPS) is 19.9. The Kier molecular flexibility index (Phi) is 11.0. The van der Waals surface area contributed by atoms with Crippen molar-refractivity contribution in [2.24, 2.45) is 5.92 Å². The Bertz CT molecular complexity index is 1880. The molecule has 7 nitrogen and oxygen atoms in total. The quantitative estimate of drug-likeness (QED) is 0.161. The fraction of sp³-hybridized carbons (Fsp3) is 0.375. The Balaban J connectivity index is 1.00. The maximum atomic E-state index is 13.7. The van der Waals surface area contributed by atoms with Gasteiger partial charge in [-0.3, -0.25) is 9.59 Å². The Morgan fingerprint density at radius 2 is 1.53 bits per heavy atom. The smallest absolute Gasteiger partial charge is 0.416 e. The first-order valence-corrected chi connectivity index (χ1v) is 17.6. The summed E-state index contributed by atoms with van der Waals surface area (Å²) in [4.78, 5) is 41.4. The monoisotopic (exact) mass is 739 g/mol. The van der Waals surface area contributed by atoms with Crippen molar-refractivity contribution in [3.63, 3.8) is 0 Å². The molecule has 1 fully saturated rings. The molecular formula is C40H39F6N3O4. The van der Waals surface area contributed by atoms with Gasteiger partial charge in [-0.1, -0.05) is 72.8 Å². The van der Waals surface area contributed by atoms with E-state index < -0.39 is 41.9 Å². The third-order valence-corrected chi connectivity index (χ3v) is 10.3. The van der Waals surface area contributed by atoms with Crippen molar-refractivity contribution in [2.75, 3.05) is 26.2 Å². The van der Waals surface area contributed by atoms with Crippen LogP contribution in [-0.4, -0.2) is 61.3 Å². The van der Waals surface area contributed by atoms with Gasteiger partial charge in [-0.2, -0.15) is 26.3 Å². The van der Waals surface area contributed by atoms with Gasteiger partial charge in [0, 0.05) is 30.6 Å². The average Bonchev–Trinajstić information content (AvgIpc) is 3.43. The lowest BCUT2D eigenvalue weighted by Crippen LogP contribution is -2.50. The fourth-order valence-corrected chi connectivity index (χ4v) is 7.72. The molecular weight excluding hydrogens is 700 g/mol. The van der Waals surface area contributed by atoms with E-state index >= 15 is 0 Å². The first-order chi connectivity index (χ1) is 25.3. The number of likely N-dealkylation sites (tertiary alicyclic amines) is 1. The highest BCUT2D eigenvalue weighted by atomic mass is 19.4. The summed E-state index contributed by atoms with van der Waals surface area (Å²) in [7, 11) is 0. The number of hydrogen-bond donors (Lipinski definition) is 2. The van der Waals surface area contributed by atoms with E-state index in [1.807, 2.05) is 36.4 Å². The van der Waals surface area contributed by atoms with E-state index in [4.69, 9.17) is 4.74 Å². The van der Waals surface area contributed by atoms with Crippen molar-refractivity contribution in [2.45, 2.75) is 62.3 Å². The third kappa shape index (κ3) is 8.29. The molecule has 2 N–H and O–H groups in total. The minimum absolute atomic E-state index is 0.0609. The first-order valence-electron chi connectivity index (χ1n) is 17.6. The summed E-state index contributed by atoms with van der Waals surface area (Å²) < 4.78 is 84.2. The van der Waals surface area contributed by atoms with Gasteiger partial charge in [-0.05, 0) is 84.6 Å². The largest absolute Gasteiger partial charge is 0.449 e. The molecule has 0 spiro atoms. The zero-order valence-corrected chi connectivity index (χ0v) is 28.7. The summed E-state index contributed by atoms with van der Waals surface area (Å²) in [6.07, 6.45) is -1.28. The van der Waals surface area contributed by atoms with Crippen LogP contribution in [0.5, 0.6) is 0 Å². The number of fused-ring (bicyclic) bond motifs is 3. The zero-order chi connectivity index (χ0) is 37.8. The summed E-state index contributed by atoms with van der Waals surface area (Å²) in [5.41, 5.74) is 1.80. The number of unbranched alkanes of at least 4 members (excludes halogenated alkanes) is 1. The number of piperidine rings is 1. The van der Waals surface area contributed by atoms with Crippen LogP contribution in [-0.2, 0) is 21.1 Å². The first kappa shape index (κ1) is 37.7. The Morgan fingerprint density at radius 3 is 2.23 bits per heavy atom. The molecule has 3 aromatic carbocycles. The molecule has 0 aromatic heterocycles. The average molecular weight is 740 g/mol. The van der Waals surface area contributed by atoms with E-state index in [-0.39, 0.29) is 30.9 Å². The molecule has 3 aromatic rings. The highest BCUT2D eigenvalue weighted by molar-refractivity contribution is 6.01. The maximum Gasteiger partial charge on any atom is 0.416 e. The number of nitrogens with zero attached hydrogens (tertiary/aromatic N) is 1. The molecule has 1 aliphatic heterocycles. The highest BCUT2D eigenvalue weighted by Crippen LogP contribution is 2.55. The van der Waals surface area contributed by atoms with Gasteiger partial charge >= 0.3 is 18.4 Å². The van der Waals surface area contributed by atoms with Gasteiger partial charge in [-0.15, -0.1) is 0 Å². The van der Waals surface area contributed by atoms with Gasteiger partial charge in [-0.25, -0.2) is 4.79 Å². The molecule has 2 unspecified atom stereocenters. The predicted molar refractivity (Wildman–Crippen MR) is 187 cm³/mol. The topological polar surface area (TPSA) is 87.7 Å². The molecule has 6 rings (SSSR count). The molecule has 53 heavy (non-hydrogen) atoms. The number of hydrogen-bond acceptors (Lipinski definition) is 4. The number of allylic oxidation sites excluding steroid dienone is 4. The van der Waals surface area contributed by atoms with Gasteiger partial charge in [0.25, 0.3) is 5.91 Å². The molecule has 3 amide bonds. The van der Waals surface area contributed by atoms with E-state index in [0.717, 1.165) is 23.3 Å². The number of benzene rings is 3. The SMILES string of the molecule is O=C(NC1CCN(C(=O)OCCCCC2(C(=O)NCC(F)(F)F)c3ccccc3C3=CC=CCC32)CC1)c1ccccc1-c1ccc(C(F)(F)F)cc1. The van der Waals surface area contributed by atoms with Crippen LogP contribution in [0.2, 0.25) is 0 Å². The van der Waals surface area contributed by atoms with Crippen LogP contribution in [0.15, 0.2) is 91.0 Å². The number of carbonyl (C=O) groups excluding carboxylic acids is 3. The fourth-order valence-electron chi connectivity index (χ4n) is 7.72. The summed E-state index contributed by atoms with van der Waals surface area (Å²) in [5, 5.41) is 5.14. The van der Waals surface area contributed by atoms with Gasteiger partial charge in [0.05, 0.1) is 17.6 Å². The van der Waals surface area contributed by atoms with Gasteiger partial charge in [0.1, 0.15) is 6.54 Å². The number of rotatable bonds is 10. The van der Waals surface area contributed by atoms with Crippen molar-refractivity contribution in [3.8, 4) is 11.1 Å². The molecule has 0 bridgehead atoms. The van der Waals surface area contributed by atoms with E-state index in [0.29, 0.717) is 67.4 Å². The van der Waals surface area contributed by atoms with Crippen LogP contribution in [0.3, 0.4) is 0 Å². The molecule has 2 aliphatic carbocycles. The van der Waals surface area contributed by atoms with Crippen LogP contribution in [0, 0.1) is 5.92 Å². The lowest BCUT2D eigenvalue weighted by Gasteiger charge is -2.36. The number of carbonyl (C=O) groups is 3. The minimum Gasteiger partial charge on any atom is -0.449 e. The van der Waals surface area contributed by atoms with E-state index in [9.17, 15) is 40.7 Å². The predicted octanol–water partition coefficient (Wildman–Crippen LogP) is 8.46. The second kappa shape index (κ2) is 15.5. The second-order valence-electron chi connectivity index (χ2n) is 13.6. The maximum absolute atomic E-state index is 13.7. The third-order valence-electron chi connectivity index (χ3n) is 10.3. The van der Waals surface area contributed by atoms with Gasteiger partial charge in [0.15, 0.2) is 0 Å². The van der Waals surface area contributed by atoms with Crippen LogP contribution < -0.4 is 10.6 Å². The zero-order valence-electron chi connectivity index (χ0n) is 28.7. The molecule has 280 valence electrons. The second-order valence-corrected chi connectivity index (χ2v) is 13.6. The molecule has 1 saturated heterocycles. The van der Waals surface area contributed by atoms with Gasteiger partial charge in [0.2, 0.25) is 5.91 Å². The number of halogens is 6. The van der Waals surface area contributed by atoms with Crippen LogP contribution in [0.4, 0.5) is 31.1 Å². The van der Waals surface area contributed by atoms with Crippen molar-refractivity contribution in [3.05, 3.63) is 113 Å². The number of ether oxygens (including phenoxy) is 1. The molecule has 13 heteroatoms. The Hall–Kier alpha value is -5.07. The van der Waals surface area contributed by atoms with Crippen molar-refractivity contribution >= 4 is 23.5 Å². The van der Waals surface area contributed by atoms with Crippen molar-refractivity contribution in [1.29, 1.82) is 0 Å². The minimum atomic E-state index is -4.56. The highest BCUT2D eigenvalue weighted by Gasteiger charge is 2.54. The molecule has 3 aliphatic rings. The standard InChI is InChI=1S/C40H39F6N3O4/c41-39(42,43)25-47-36(51)38(33-13-5-3-10-30(33)31-11-4-6-14-34(31)38)21-7-8-24-53-37(52)49-22-19-28(20-23-49)48-35(50)32-12-2-1-9-29(32)26-15-17-27(18-16-26)40(44,45)46/h1-6,9-13,15-18,28,34H,7-8,14,19-25H2,(H,47,51)(H,48,50). The van der Waals surface area contributed by atoms with E-state index in [2.05, 4.69) is 10.6 Å². The number of alkyl halides is 6. The molecule has 0 radical (unpaired) electrons. The van der Waals surface area contributed by atoms with Crippen molar-refractivity contribution in [1.82, 2.24) is 15.5 Å². The Morgan fingerprint density at radius 1 is 0.849 bits per heavy atom. The summed E-state index contributed by atoms with van der Waals surface area (Å²) >= 11 is 0. The molecule has 0 saturated carbocycles. The lowest BCUT2D eigenvalue weighted by molar-refractivity contribution is -0.143. The Labute approximate surface area is 303 Å². The lowest BCUT2D eigenvalue weighted by atomic mass is 9.67. The summed E-state index contributed by atoms with van der Waals surface area (Å²) in [5.74, 6) is -1.36. The van der Waals surface area contributed by atoms with Crippen LogP contribution >= 0.6 is 0 Å². The summed E-state index contributed by atoms with van der Waals surface area (Å²) in [6, 6.07) is 18.4. The van der Waals surface area contributed by atoms with E-state index in [1.54, 1.807) is 35.2 Å². The van der Waals surface area contributed by atoms with Crippen molar-refractivity contribution < 1.29 is 45.5 Å². The van der Waals surface area contributed by atoms with Crippen LogP contribution in [0.25, 0.3) is 16.7 Å². The molecule has 1 heterocycles. The molecule has 2 atom stereocenters.